The molecule has 2 heterocycles. The molecule has 0 aromatic heterocycles. The van der Waals surface area contributed by atoms with Crippen LogP contribution in [0.3, 0.4) is 0 Å². The van der Waals surface area contributed by atoms with Gasteiger partial charge in [0.2, 0.25) is 5.91 Å². The molecular formula is C18H25ClN2O. The van der Waals surface area contributed by atoms with Crippen molar-refractivity contribution in [1.82, 2.24) is 10.2 Å². The molecule has 22 heavy (non-hydrogen) atoms. The van der Waals surface area contributed by atoms with Crippen molar-refractivity contribution in [1.29, 1.82) is 0 Å². The van der Waals surface area contributed by atoms with E-state index >= 15 is 0 Å². The van der Waals surface area contributed by atoms with Crippen LogP contribution in [0.25, 0.3) is 0 Å². The number of fused-ring (bicyclic) bond motifs is 2. The first-order chi connectivity index (χ1) is 10.5. The number of nitrogens with one attached hydrogen (secondary N) is 1. The summed E-state index contributed by atoms with van der Waals surface area (Å²) in [6.07, 6.45) is 3.52. The van der Waals surface area contributed by atoms with E-state index in [4.69, 9.17) is 11.6 Å². The maximum Gasteiger partial charge on any atom is 0.230 e. The van der Waals surface area contributed by atoms with Gasteiger partial charge in [0, 0.05) is 30.2 Å². The fraction of sp³-hybridized carbons (Fsp3) is 0.611. The summed E-state index contributed by atoms with van der Waals surface area (Å²) in [5.74, 6) is 0.418. The molecule has 0 radical (unpaired) electrons. The summed E-state index contributed by atoms with van der Waals surface area (Å²) in [7, 11) is 0. The van der Waals surface area contributed by atoms with Crippen LogP contribution in [0.5, 0.6) is 0 Å². The van der Waals surface area contributed by atoms with Crippen molar-refractivity contribution in [2.45, 2.75) is 51.1 Å². The van der Waals surface area contributed by atoms with E-state index in [1.165, 1.54) is 12.8 Å². The van der Waals surface area contributed by atoms with E-state index in [0.29, 0.717) is 17.1 Å². The van der Waals surface area contributed by atoms with Crippen LogP contribution < -0.4 is 5.32 Å². The highest BCUT2D eigenvalue weighted by atomic mass is 35.5. The largest absolute Gasteiger partial charge is 0.341 e. The molecule has 1 aromatic carbocycles. The number of carbonyl (C=O) groups excluding carboxylic acids is 1. The van der Waals surface area contributed by atoms with E-state index in [-0.39, 0.29) is 17.7 Å². The molecule has 0 spiro atoms. The molecule has 1 aromatic rings. The van der Waals surface area contributed by atoms with E-state index in [9.17, 15) is 4.79 Å². The van der Waals surface area contributed by atoms with Crippen molar-refractivity contribution >= 4 is 17.5 Å². The number of likely N-dealkylation sites (tertiary alicyclic amines) is 1. The number of benzene rings is 1. The van der Waals surface area contributed by atoms with Crippen LogP contribution in [0.1, 0.15) is 44.6 Å². The van der Waals surface area contributed by atoms with E-state index in [2.05, 4.69) is 24.1 Å². The quantitative estimate of drug-likeness (QED) is 0.925. The van der Waals surface area contributed by atoms with Gasteiger partial charge in [-0.2, -0.15) is 0 Å². The van der Waals surface area contributed by atoms with Crippen LogP contribution in [0.15, 0.2) is 24.3 Å². The van der Waals surface area contributed by atoms with Gasteiger partial charge in [0.05, 0.1) is 5.92 Å². The molecule has 3 atom stereocenters. The molecule has 2 aliphatic heterocycles. The molecule has 2 aliphatic rings. The van der Waals surface area contributed by atoms with Gasteiger partial charge in [0.25, 0.3) is 0 Å². The molecule has 2 fully saturated rings. The van der Waals surface area contributed by atoms with Gasteiger partial charge in [-0.05, 0) is 42.9 Å². The maximum absolute atomic E-state index is 13.1. The zero-order valence-corrected chi connectivity index (χ0v) is 14.1. The topological polar surface area (TPSA) is 32.3 Å². The first-order valence-corrected chi connectivity index (χ1v) is 8.72. The van der Waals surface area contributed by atoms with Gasteiger partial charge >= 0.3 is 0 Å². The van der Waals surface area contributed by atoms with Crippen molar-refractivity contribution in [3.05, 3.63) is 34.9 Å². The Hall–Kier alpha value is -1.06. The van der Waals surface area contributed by atoms with Gasteiger partial charge in [-0.15, -0.1) is 0 Å². The summed E-state index contributed by atoms with van der Waals surface area (Å²) in [4.78, 5) is 15.2. The number of hydrogen-bond donors (Lipinski definition) is 1. The zero-order valence-electron chi connectivity index (χ0n) is 13.4. The second kappa shape index (κ2) is 6.59. The van der Waals surface area contributed by atoms with Gasteiger partial charge in [0.1, 0.15) is 0 Å². The third kappa shape index (κ3) is 3.31. The van der Waals surface area contributed by atoms with Crippen LogP contribution >= 0.6 is 11.6 Å². The van der Waals surface area contributed by atoms with Gasteiger partial charge < -0.3 is 10.2 Å². The molecule has 3 unspecified atom stereocenters. The highest BCUT2D eigenvalue weighted by Crippen LogP contribution is 2.30. The lowest BCUT2D eigenvalue weighted by Gasteiger charge is -2.30. The Balaban J connectivity index is 1.80. The fourth-order valence-corrected chi connectivity index (χ4v) is 4.05. The third-order valence-corrected chi connectivity index (χ3v) is 5.21. The van der Waals surface area contributed by atoms with E-state index < -0.39 is 0 Å². The summed E-state index contributed by atoms with van der Waals surface area (Å²) >= 11 is 6.13. The summed E-state index contributed by atoms with van der Waals surface area (Å²) < 4.78 is 0. The number of amides is 1. The lowest BCUT2D eigenvalue weighted by molar-refractivity contribution is -0.134. The Labute approximate surface area is 138 Å². The average Bonchev–Trinajstić information content (AvgIpc) is 2.78. The van der Waals surface area contributed by atoms with Crippen LogP contribution in [-0.2, 0) is 4.79 Å². The van der Waals surface area contributed by atoms with Crippen LogP contribution in [-0.4, -0.2) is 36.0 Å². The molecule has 1 amide bonds. The molecule has 2 bridgehead atoms. The van der Waals surface area contributed by atoms with Gasteiger partial charge in [-0.25, -0.2) is 0 Å². The predicted octanol–water partition coefficient (Wildman–Crippen LogP) is 3.43. The molecule has 3 rings (SSSR count). The molecule has 3 nitrogen and oxygen atoms in total. The number of rotatable bonds is 3. The molecule has 120 valence electrons. The molecule has 4 heteroatoms. The van der Waals surface area contributed by atoms with Gasteiger partial charge in [0.15, 0.2) is 0 Å². The molecule has 0 saturated carbocycles. The normalized spacial score (nSPS) is 26.1. The number of nitrogens with zero attached hydrogens (tertiary/aromatic N) is 1. The smallest absolute Gasteiger partial charge is 0.230 e. The van der Waals surface area contributed by atoms with Crippen molar-refractivity contribution in [2.75, 3.05) is 13.1 Å². The lowest BCUT2D eigenvalue weighted by Crippen LogP contribution is -2.42. The Kier molecular flexibility index (Phi) is 4.74. The van der Waals surface area contributed by atoms with Gasteiger partial charge in [-0.3, -0.25) is 4.79 Å². The highest BCUT2D eigenvalue weighted by Gasteiger charge is 2.35. The standard InChI is InChI=1S/C18H25ClN2O/c1-12(2)17(13-4-3-5-14(19)10-13)18(22)21-9-8-15-6-7-16(11-21)20-15/h3-5,10,12,15-17,20H,6-9,11H2,1-2H3. The molecule has 2 saturated heterocycles. The van der Waals surface area contributed by atoms with E-state index in [1.54, 1.807) is 0 Å². The SMILES string of the molecule is CC(C)C(C(=O)N1CCC2CCC(C1)N2)c1cccc(Cl)c1. The second-order valence-corrected chi connectivity index (χ2v) is 7.42. The van der Waals surface area contributed by atoms with E-state index in [1.807, 2.05) is 24.3 Å². The number of hydrogen-bond acceptors (Lipinski definition) is 2. The Morgan fingerprint density at radius 2 is 2.05 bits per heavy atom. The third-order valence-electron chi connectivity index (χ3n) is 4.98. The minimum atomic E-state index is -0.102. The van der Waals surface area contributed by atoms with E-state index in [0.717, 1.165) is 25.1 Å². The first-order valence-electron chi connectivity index (χ1n) is 8.35. The summed E-state index contributed by atoms with van der Waals surface area (Å²) in [5.41, 5.74) is 1.04. The Morgan fingerprint density at radius 1 is 1.27 bits per heavy atom. The summed E-state index contributed by atoms with van der Waals surface area (Å²) in [6, 6.07) is 8.84. The molecule has 0 aliphatic carbocycles. The molecule has 1 N–H and O–H groups in total. The fourth-order valence-electron chi connectivity index (χ4n) is 3.85. The maximum atomic E-state index is 13.1. The summed E-state index contributed by atoms with van der Waals surface area (Å²) in [5, 5.41) is 4.34. The minimum Gasteiger partial charge on any atom is -0.341 e. The number of carbonyl (C=O) groups is 1. The highest BCUT2D eigenvalue weighted by molar-refractivity contribution is 6.30. The Bertz CT molecular complexity index is 546. The summed E-state index contributed by atoms with van der Waals surface area (Å²) in [6.45, 7) is 5.95. The van der Waals surface area contributed by atoms with Crippen molar-refractivity contribution < 1.29 is 4.79 Å². The predicted molar refractivity (Wildman–Crippen MR) is 90.2 cm³/mol. The molecular weight excluding hydrogens is 296 g/mol. The monoisotopic (exact) mass is 320 g/mol. The van der Waals surface area contributed by atoms with Crippen molar-refractivity contribution in [3.63, 3.8) is 0 Å². The first kappa shape index (κ1) is 15.8. The second-order valence-electron chi connectivity index (χ2n) is 6.99. The van der Waals surface area contributed by atoms with Crippen molar-refractivity contribution in [2.24, 2.45) is 5.92 Å². The van der Waals surface area contributed by atoms with Crippen LogP contribution in [0, 0.1) is 5.92 Å². The van der Waals surface area contributed by atoms with Crippen molar-refractivity contribution in [3.8, 4) is 0 Å². The van der Waals surface area contributed by atoms with Crippen LogP contribution in [0.2, 0.25) is 5.02 Å². The number of halogens is 1. The van der Waals surface area contributed by atoms with Gasteiger partial charge in [-0.1, -0.05) is 37.6 Å². The zero-order chi connectivity index (χ0) is 15.7. The lowest BCUT2D eigenvalue weighted by atomic mass is 9.87. The minimum absolute atomic E-state index is 0.102. The van der Waals surface area contributed by atoms with Crippen LogP contribution in [0.4, 0.5) is 0 Å². The Morgan fingerprint density at radius 3 is 2.77 bits per heavy atom. The average molecular weight is 321 g/mol.